The Morgan fingerprint density at radius 2 is 1.84 bits per heavy atom. The van der Waals surface area contributed by atoms with Crippen molar-refractivity contribution in [3.8, 4) is 5.75 Å². The van der Waals surface area contributed by atoms with E-state index in [1.807, 2.05) is 43.3 Å². The topological polar surface area (TPSA) is 50.7 Å². The minimum Gasteiger partial charge on any atom is -0.484 e. The molecule has 4 nitrogen and oxygen atoms in total. The van der Waals surface area contributed by atoms with Crippen LogP contribution in [0.1, 0.15) is 12.5 Å². The van der Waals surface area contributed by atoms with Gasteiger partial charge in [0.2, 0.25) is 0 Å². The molecule has 3 aromatic rings. The summed E-state index contributed by atoms with van der Waals surface area (Å²) in [6.07, 6.45) is 0. The van der Waals surface area contributed by atoms with Crippen molar-refractivity contribution in [1.29, 1.82) is 0 Å². The van der Waals surface area contributed by atoms with Gasteiger partial charge in [0.05, 0.1) is 5.71 Å². The zero-order valence-electron chi connectivity index (χ0n) is 13.7. The molecule has 0 bridgehead atoms. The molecule has 0 aliphatic rings. The molecule has 0 heterocycles. The Balaban J connectivity index is 1.60. The molecule has 0 aliphatic heterocycles. The summed E-state index contributed by atoms with van der Waals surface area (Å²) < 4.78 is 5.38. The first-order chi connectivity index (χ1) is 12.1. The predicted octanol–water partition coefficient (Wildman–Crippen LogP) is 4.41. The fraction of sp³-hybridized carbons (Fsp3) is 0.100. The highest BCUT2D eigenvalue weighted by molar-refractivity contribution is 6.30. The molecule has 0 unspecified atom stereocenters. The third-order valence-corrected chi connectivity index (χ3v) is 3.92. The average Bonchev–Trinajstić information content (AvgIpc) is 2.64. The lowest BCUT2D eigenvalue weighted by atomic mass is 10.0. The van der Waals surface area contributed by atoms with Gasteiger partial charge >= 0.3 is 0 Å². The van der Waals surface area contributed by atoms with Gasteiger partial charge in [-0.1, -0.05) is 54.1 Å². The molecule has 0 radical (unpaired) electrons. The second kappa shape index (κ2) is 7.81. The molecule has 25 heavy (non-hydrogen) atoms. The molecule has 0 spiro atoms. The van der Waals surface area contributed by atoms with Gasteiger partial charge < -0.3 is 4.74 Å². The normalized spacial score (nSPS) is 11.4. The van der Waals surface area contributed by atoms with Crippen LogP contribution >= 0.6 is 11.6 Å². The first-order valence-electron chi connectivity index (χ1n) is 7.82. The van der Waals surface area contributed by atoms with Crippen LogP contribution in [0.4, 0.5) is 0 Å². The van der Waals surface area contributed by atoms with Gasteiger partial charge in [0.15, 0.2) is 6.61 Å². The van der Waals surface area contributed by atoms with Crippen LogP contribution in [0, 0.1) is 0 Å². The van der Waals surface area contributed by atoms with Crippen molar-refractivity contribution in [2.75, 3.05) is 6.61 Å². The number of carbonyl (C=O) groups is 1. The number of rotatable bonds is 5. The lowest BCUT2D eigenvalue weighted by Gasteiger charge is -2.06. The van der Waals surface area contributed by atoms with Crippen LogP contribution in [-0.2, 0) is 4.79 Å². The van der Waals surface area contributed by atoms with Crippen LogP contribution in [0.3, 0.4) is 0 Å². The fourth-order valence-electron chi connectivity index (χ4n) is 2.36. The first-order valence-corrected chi connectivity index (χ1v) is 8.20. The third kappa shape index (κ3) is 4.58. The van der Waals surface area contributed by atoms with E-state index in [1.165, 1.54) is 0 Å². The molecule has 0 aliphatic carbocycles. The van der Waals surface area contributed by atoms with E-state index >= 15 is 0 Å². The summed E-state index contributed by atoms with van der Waals surface area (Å²) in [7, 11) is 0. The van der Waals surface area contributed by atoms with Crippen LogP contribution in [0.2, 0.25) is 5.02 Å². The summed E-state index contributed by atoms with van der Waals surface area (Å²) in [6, 6.07) is 21.1. The van der Waals surface area contributed by atoms with E-state index in [9.17, 15) is 4.79 Å². The standard InChI is InChI=1S/C20H17ClN2O2/c1-14(16-10-9-15-5-2-3-6-17(15)11-16)22-23-20(24)13-25-19-8-4-7-18(21)12-19/h2-12H,13H2,1H3,(H,23,24)/b22-14-. The molecule has 0 saturated carbocycles. The van der Waals surface area contributed by atoms with Gasteiger partial charge in [-0.15, -0.1) is 0 Å². The minimum absolute atomic E-state index is 0.130. The molecule has 0 atom stereocenters. The number of hydrazone groups is 1. The Hall–Kier alpha value is -2.85. The second-order valence-electron chi connectivity index (χ2n) is 5.54. The van der Waals surface area contributed by atoms with Crippen molar-refractivity contribution in [1.82, 2.24) is 5.43 Å². The maximum Gasteiger partial charge on any atom is 0.277 e. The molecular weight excluding hydrogens is 336 g/mol. The van der Waals surface area contributed by atoms with Crippen LogP contribution in [0.25, 0.3) is 10.8 Å². The Labute approximate surface area is 151 Å². The van der Waals surface area contributed by atoms with Crippen molar-refractivity contribution in [3.63, 3.8) is 0 Å². The number of fused-ring (bicyclic) bond motifs is 1. The molecule has 0 saturated heterocycles. The van der Waals surface area contributed by atoms with Crippen LogP contribution in [0.5, 0.6) is 5.75 Å². The lowest BCUT2D eigenvalue weighted by molar-refractivity contribution is -0.123. The summed E-state index contributed by atoms with van der Waals surface area (Å²) in [6.45, 7) is 1.72. The number of benzene rings is 3. The van der Waals surface area contributed by atoms with Crippen LogP contribution in [-0.4, -0.2) is 18.2 Å². The van der Waals surface area contributed by atoms with Crippen LogP contribution < -0.4 is 10.2 Å². The molecule has 3 rings (SSSR count). The molecular formula is C20H17ClN2O2. The minimum atomic E-state index is -0.333. The highest BCUT2D eigenvalue weighted by atomic mass is 35.5. The van der Waals surface area contributed by atoms with Gasteiger partial charge in [-0.2, -0.15) is 5.10 Å². The Kier molecular flexibility index (Phi) is 5.31. The first kappa shape index (κ1) is 17.0. The van der Waals surface area contributed by atoms with E-state index in [-0.39, 0.29) is 12.5 Å². The molecule has 0 aromatic heterocycles. The highest BCUT2D eigenvalue weighted by Crippen LogP contribution is 2.17. The Bertz CT molecular complexity index is 938. The molecule has 3 aromatic carbocycles. The van der Waals surface area contributed by atoms with Crippen molar-refractivity contribution < 1.29 is 9.53 Å². The maximum absolute atomic E-state index is 11.9. The van der Waals surface area contributed by atoms with E-state index in [4.69, 9.17) is 16.3 Å². The highest BCUT2D eigenvalue weighted by Gasteiger charge is 2.04. The lowest BCUT2D eigenvalue weighted by Crippen LogP contribution is -2.25. The molecule has 0 fully saturated rings. The molecule has 1 amide bonds. The third-order valence-electron chi connectivity index (χ3n) is 3.68. The van der Waals surface area contributed by atoms with Gasteiger partial charge in [0, 0.05) is 5.02 Å². The maximum atomic E-state index is 11.9. The van der Waals surface area contributed by atoms with Crippen molar-refractivity contribution in [2.45, 2.75) is 6.92 Å². The van der Waals surface area contributed by atoms with E-state index in [0.717, 1.165) is 22.0 Å². The largest absolute Gasteiger partial charge is 0.484 e. The molecule has 126 valence electrons. The fourth-order valence-corrected chi connectivity index (χ4v) is 2.54. The number of nitrogens with one attached hydrogen (secondary N) is 1. The van der Waals surface area contributed by atoms with Gasteiger partial charge in [-0.25, -0.2) is 5.43 Å². The van der Waals surface area contributed by atoms with Crippen molar-refractivity contribution in [3.05, 3.63) is 77.3 Å². The van der Waals surface area contributed by atoms with Gasteiger partial charge in [-0.05, 0) is 47.5 Å². The zero-order chi connectivity index (χ0) is 17.6. The quantitative estimate of drug-likeness (QED) is 0.546. The van der Waals surface area contributed by atoms with Gasteiger partial charge in [0.25, 0.3) is 5.91 Å². The molecule has 1 N–H and O–H groups in total. The van der Waals surface area contributed by atoms with E-state index in [2.05, 4.69) is 16.6 Å². The van der Waals surface area contributed by atoms with Crippen LogP contribution in [0.15, 0.2) is 71.8 Å². The number of hydrogen-bond donors (Lipinski definition) is 1. The number of halogens is 1. The summed E-state index contributed by atoms with van der Waals surface area (Å²) >= 11 is 5.87. The summed E-state index contributed by atoms with van der Waals surface area (Å²) in [5.74, 6) is 0.206. The smallest absolute Gasteiger partial charge is 0.277 e. The van der Waals surface area contributed by atoms with Crippen molar-refractivity contribution >= 4 is 34.0 Å². The average molecular weight is 353 g/mol. The van der Waals surface area contributed by atoms with Gasteiger partial charge in [0.1, 0.15) is 5.75 Å². The van der Waals surface area contributed by atoms with E-state index < -0.39 is 0 Å². The number of hydrogen-bond acceptors (Lipinski definition) is 3. The number of ether oxygens (including phenoxy) is 1. The number of carbonyl (C=O) groups excluding carboxylic acids is 1. The number of amides is 1. The van der Waals surface area contributed by atoms with Crippen molar-refractivity contribution in [2.24, 2.45) is 5.10 Å². The predicted molar refractivity (Wildman–Crippen MR) is 101 cm³/mol. The zero-order valence-corrected chi connectivity index (χ0v) is 14.5. The monoisotopic (exact) mass is 352 g/mol. The summed E-state index contributed by atoms with van der Waals surface area (Å²) in [5, 5.41) is 7.00. The second-order valence-corrected chi connectivity index (χ2v) is 5.98. The summed E-state index contributed by atoms with van der Waals surface area (Å²) in [5.41, 5.74) is 4.18. The Morgan fingerprint density at radius 1 is 1.04 bits per heavy atom. The summed E-state index contributed by atoms with van der Waals surface area (Å²) in [4.78, 5) is 11.9. The number of nitrogens with zero attached hydrogens (tertiary/aromatic N) is 1. The van der Waals surface area contributed by atoms with Gasteiger partial charge in [-0.3, -0.25) is 4.79 Å². The van der Waals surface area contributed by atoms with E-state index in [1.54, 1.807) is 24.3 Å². The Morgan fingerprint density at radius 3 is 2.64 bits per heavy atom. The van der Waals surface area contributed by atoms with E-state index in [0.29, 0.717) is 10.8 Å². The molecule has 5 heteroatoms. The SMILES string of the molecule is C/C(=N/NC(=O)COc1cccc(Cl)c1)c1ccc2ccccc2c1.